The highest BCUT2D eigenvalue weighted by atomic mass is 16.5. The molecule has 1 N–H and O–H groups in total. The fourth-order valence-corrected chi connectivity index (χ4v) is 2.75. The first kappa shape index (κ1) is 17.7. The van der Waals surface area contributed by atoms with Gasteiger partial charge in [-0.1, -0.05) is 0 Å². The molecule has 0 saturated heterocycles. The Morgan fingerprint density at radius 2 is 2.04 bits per heavy atom. The van der Waals surface area contributed by atoms with Gasteiger partial charge in [-0.25, -0.2) is 0 Å². The number of ether oxygens (including phenoxy) is 1. The van der Waals surface area contributed by atoms with Gasteiger partial charge in [0.15, 0.2) is 0 Å². The molecule has 2 aromatic heterocycles. The summed E-state index contributed by atoms with van der Waals surface area (Å²) in [6.45, 7) is 5.31. The second kappa shape index (κ2) is 7.43. The van der Waals surface area contributed by atoms with Crippen molar-refractivity contribution in [1.82, 2.24) is 24.9 Å². The van der Waals surface area contributed by atoms with Crippen LogP contribution in [0.4, 0.5) is 0 Å². The number of aryl methyl sites for hydroxylation is 2. The molecule has 2 heterocycles. The number of nitrogens with one attached hydrogen (secondary N) is 1. The van der Waals surface area contributed by atoms with Gasteiger partial charge in [0.1, 0.15) is 11.4 Å². The number of H-pyrrole nitrogens is 1. The third-order valence-electron chi connectivity index (χ3n) is 4.32. The van der Waals surface area contributed by atoms with E-state index in [1.54, 1.807) is 25.1 Å². The summed E-state index contributed by atoms with van der Waals surface area (Å²) in [5, 5.41) is 11.5. The minimum atomic E-state index is -0.110. The number of amides is 1. The molecule has 0 aliphatic heterocycles. The molecule has 3 aromatic rings. The van der Waals surface area contributed by atoms with Gasteiger partial charge in [0.05, 0.1) is 18.5 Å². The van der Waals surface area contributed by atoms with E-state index < -0.39 is 0 Å². The van der Waals surface area contributed by atoms with E-state index in [0.717, 1.165) is 34.8 Å². The predicted octanol–water partition coefficient (Wildman–Crippen LogP) is 2.88. The second-order valence-electron chi connectivity index (χ2n) is 6.15. The molecule has 0 unspecified atom stereocenters. The summed E-state index contributed by atoms with van der Waals surface area (Å²) in [7, 11) is 3.40. The lowest BCUT2D eigenvalue weighted by atomic mass is 10.1. The first-order valence-corrected chi connectivity index (χ1v) is 8.50. The zero-order valence-corrected chi connectivity index (χ0v) is 15.5. The normalized spacial score (nSPS) is 10.8. The molecule has 7 nitrogen and oxygen atoms in total. The highest BCUT2D eigenvalue weighted by Gasteiger charge is 2.17. The lowest BCUT2D eigenvalue weighted by molar-refractivity contribution is 0.0779. The van der Waals surface area contributed by atoms with Crippen LogP contribution in [0.2, 0.25) is 0 Å². The van der Waals surface area contributed by atoms with Crippen LogP contribution in [-0.2, 0) is 13.1 Å². The zero-order valence-electron chi connectivity index (χ0n) is 15.5. The first-order valence-electron chi connectivity index (χ1n) is 8.50. The predicted molar refractivity (Wildman–Crippen MR) is 99.0 cm³/mol. The quantitative estimate of drug-likeness (QED) is 0.739. The van der Waals surface area contributed by atoms with Crippen LogP contribution in [0.15, 0.2) is 36.5 Å². The molecule has 7 heteroatoms. The summed E-state index contributed by atoms with van der Waals surface area (Å²) in [6, 6.07) is 9.32. The summed E-state index contributed by atoms with van der Waals surface area (Å²) < 4.78 is 7.04. The molecule has 26 heavy (non-hydrogen) atoms. The Morgan fingerprint density at radius 3 is 2.65 bits per heavy atom. The number of hydrogen-bond donors (Lipinski definition) is 1. The van der Waals surface area contributed by atoms with E-state index >= 15 is 0 Å². The molecule has 0 fully saturated rings. The van der Waals surface area contributed by atoms with Crippen molar-refractivity contribution in [3.05, 3.63) is 53.5 Å². The monoisotopic (exact) mass is 353 g/mol. The lowest BCUT2D eigenvalue weighted by Crippen LogP contribution is -2.26. The number of aromatic amines is 1. The average Bonchev–Trinajstić information content (AvgIpc) is 3.28. The van der Waals surface area contributed by atoms with Crippen LogP contribution >= 0.6 is 0 Å². The van der Waals surface area contributed by atoms with Crippen LogP contribution in [0.25, 0.3) is 11.3 Å². The minimum Gasteiger partial charge on any atom is -0.497 e. The van der Waals surface area contributed by atoms with E-state index in [2.05, 4.69) is 15.3 Å². The molecular formula is C19H23N5O2. The van der Waals surface area contributed by atoms with Crippen LogP contribution in [0.5, 0.6) is 5.75 Å². The van der Waals surface area contributed by atoms with Gasteiger partial charge >= 0.3 is 0 Å². The molecule has 1 aromatic carbocycles. The van der Waals surface area contributed by atoms with Crippen LogP contribution in [0.3, 0.4) is 0 Å². The molecule has 0 aliphatic rings. The lowest BCUT2D eigenvalue weighted by Gasteiger charge is -2.15. The smallest absolute Gasteiger partial charge is 0.271 e. The number of carbonyl (C=O) groups is 1. The third kappa shape index (κ3) is 3.61. The molecule has 0 aliphatic carbocycles. The highest BCUT2D eigenvalue weighted by molar-refractivity contribution is 5.93. The van der Waals surface area contributed by atoms with Crippen LogP contribution < -0.4 is 4.74 Å². The summed E-state index contributed by atoms with van der Waals surface area (Å²) in [5.41, 5.74) is 4.08. The van der Waals surface area contributed by atoms with E-state index in [4.69, 9.17) is 4.74 Å². The maximum absolute atomic E-state index is 12.7. The zero-order chi connectivity index (χ0) is 18.7. The Kier molecular flexibility index (Phi) is 5.06. The summed E-state index contributed by atoms with van der Waals surface area (Å²) in [6.07, 6.45) is 1.98. The summed E-state index contributed by atoms with van der Waals surface area (Å²) in [5.74, 6) is 0.671. The maximum Gasteiger partial charge on any atom is 0.271 e. The third-order valence-corrected chi connectivity index (χ3v) is 4.32. The van der Waals surface area contributed by atoms with Crippen molar-refractivity contribution in [1.29, 1.82) is 0 Å². The molecule has 1 amide bonds. The Labute approximate surface area is 152 Å². The van der Waals surface area contributed by atoms with E-state index in [0.29, 0.717) is 12.2 Å². The summed E-state index contributed by atoms with van der Waals surface area (Å²) >= 11 is 0. The Morgan fingerprint density at radius 1 is 1.31 bits per heavy atom. The second-order valence-corrected chi connectivity index (χ2v) is 6.15. The number of aromatic nitrogens is 4. The van der Waals surface area contributed by atoms with E-state index in [-0.39, 0.29) is 5.91 Å². The van der Waals surface area contributed by atoms with Gasteiger partial charge in [-0.15, -0.1) is 0 Å². The average molecular weight is 353 g/mol. The number of carbonyl (C=O) groups excluding carboxylic acids is 1. The first-order chi connectivity index (χ1) is 12.5. The molecule has 3 rings (SSSR count). The SMILES string of the molecule is CCn1cc(CN(C)C(=O)c2cc(-c3ccc(OC)cc3)n[nH]2)c(C)n1. The molecule has 0 atom stereocenters. The van der Waals surface area contributed by atoms with Crippen molar-refractivity contribution in [2.24, 2.45) is 0 Å². The van der Waals surface area contributed by atoms with Gasteiger partial charge < -0.3 is 9.64 Å². The Hall–Kier alpha value is -3.09. The largest absolute Gasteiger partial charge is 0.497 e. The Bertz CT molecular complexity index is 895. The van der Waals surface area contributed by atoms with Crippen molar-refractivity contribution in [2.45, 2.75) is 26.9 Å². The number of nitrogens with zero attached hydrogens (tertiary/aromatic N) is 4. The van der Waals surface area contributed by atoms with Crippen molar-refractivity contribution in [3.8, 4) is 17.0 Å². The Balaban J connectivity index is 1.73. The van der Waals surface area contributed by atoms with Crippen molar-refractivity contribution < 1.29 is 9.53 Å². The van der Waals surface area contributed by atoms with Gasteiger partial charge in [0.25, 0.3) is 5.91 Å². The number of hydrogen-bond acceptors (Lipinski definition) is 4. The fraction of sp³-hybridized carbons (Fsp3) is 0.316. The van der Waals surface area contributed by atoms with Crippen molar-refractivity contribution in [2.75, 3.05) is 14.2 Å². The fourth-order valence-electron chi connectivity index (χ4n) is 2.75. The van der Waals surface area contributed by atoms with Gasteiger partial charge in [-0.2, -0.15) is 10.2 Å². The maximum atomic E-state index is 12.7. The number of rotatable bonds is 6. The van der Waals surface area contributed by atoms with E-state index in [1.807, 2.05) is 49.0 Å². The number of methoxy groups -OCH3 is 1. The molecular weight excluding hydrogens is 330 g/mol. The van der Waals surface area contributed by atoms with Gasteiger partial charge in [-0.05, 0) is 44.2 Å². The molecule has 136 valence electrons. The summed E-state index contributed by atoms with van der Waals surface area (Å²) in [4.78, 5) is 14.4. The topological polar surface area (TPSA) is 76.0 Å². The standard InChI is InChI=1S/C19H23N5O2/c1-5-24-12-15(13(2)22-24)11-23(3)19(25)18-10-17(20-21-18)14-6-8-16(26-4)9-7-14/h6-10,12H,5,11H2,1-4H3,(H,20,21). The molecule has 0 bridgehead atoms. The number of benzene rings is 1. The van der Waals surface area contributed by atoms with Gasteiger partial charge in [0.2, 0.25) is 0 Å². The van der Waals surface area contributed by atoms with Gasteiger partial charge in [-0.3, -0.25) is 14.6 Å². The van der Waals surface area contributed by atoms with E-state index in [9.17, 15) is 4.79 Å². The van der Waals surface area contributed by atoms with Crippen LogP contribution in [0, 0.1) is 6.92 Å². The van der Waals surface area contributed by atoms with E-state index in [1.165, 1.54) is 0 Å². The van der Waals surface area contributed by atoms with Crippen molar-refractivity contribution in [3.63, 3.8) is 0 Å². The van der Waals surface area contributed by atoms with Crippen LogP contribution in [0.1, 0.15) is 28.7 Å². The highest BCUT2D eigenvalue weighted by Crippen LogP contribution is 2.21. The molecule has 0 saturated carbocycles. The van der Waals surface area contributed by atoms with Gasteiger partial charge in [0, 0.05) is 37.5 Å². The minimum absolute atomic E-state index is 0.110. The molecule has 0 radical (unpaired) electrons. The van der Waals surface area contributed by atoms with Crippen LogP contribution in [-0.4, -0.2) is 44.9 Å². The van der Waals surface area contributed by atoms with Crippen molar-refractivity contribution >= 4 is 5.91 Å². The molecule has 0 spiro atoms.